The largest absolute Gasteiger partial charge is 0.388 e. The molecule has 0 bridgehead atoms. The van der Waals surface area contributed by atoms with E-state index in [1.807, 2.05) is 25.3 Å². The molecule has 1 aromatic rings. The molecule has 0 aliphatic heterocycles. The quantitative estimate of drug-likeness (QED) is 0.843. The summed E-state index contributed by atoms with van der Waals surface area (Å²) in [5.41, 5.74) is 2.00. The van der Waals surface area contributed by atoms with Crippen LogP contribution in [0, 0.1) is 12.8 Å². The van der Waals surface area contributed by atoms with Crippen LogP contribution in [0.2, 0.25) is 0 Å². The molecule has 17 heavy (non-hydrogen) atoms. The fourth-order valence-corrected chi connectivity index (χ4v) is 2.73. The lowest BCUT2D eigenvalue weighted by molar-refractivity contribution is 0.0909. The first-order valence-corrected chi connectivity index (χ1v) is 6.88. The van der Waals surface area contributed by atoms with E-state index < -0.39 is 0 Å². The van der Waals surface area contributed by atoms with Crippen molar-refractivity contribution in [2.75, 3.05) is 0 Å². The minimum absolute atomic E-state index is 0.318. The first-order chi connectivity index (χ1) is 8.27. The predicted octanol–water partition coefficient (Wildman–Crippen LogP) is 3.78. The number of aliphatic hydroxyl groups excluding tert-OH is 1. The van der Waals surface area contributed by atoms with Crippen LogP contribution in [0.15, 0.2) is 18.3 Å². The van der Waals surface area contributed by atoms with Gasteiger partial charge in [0, 0.05) is 11.9 Å². The van der Waals surface area contributed by atoms with Crippen LogP contribution >= 0.6 is 0 Å². The summed E-state index contributed by atoms with van der Waals surface area (Å²) >= 11 is 0. The fourth-order valence-electron chi connectivity index (χ4n) is 2.73. The number of hydrogen-bond donors (Lipinski definition) is 1. The molecule has 1 aromatic heterocycles. The molecule has 1 unspecified atom stereocenters. The van der Waals surface area contributed by atoms with E-state index >= 15 is 0 Å². The highest BCUT2D eigenvalue weighted by atomic mass is 16.3. The third-order valence-electron chi connectivity index (χ3n) is 3.87. The maximum atomic E-state index is 10.4. The Labute approximate surface area is 104 Å². The third kappa shape index (κ3) is 3.53. The van der Waals surface area contributed by atoms with E-state index in [4.69, 9.17) is 0 Å². The summed E-state index contributed by atoms with van der Waals surface area (Å²) in [6.07, 6.45) is 10.4. The third-order valence-corrected chi connectivity index (χ3v) is 3.87. The van der Waals surface area contributed by atoms with Crippen LogP contribution in [0.5, 0.6) is 0 Å². The molecule has 2 nitrogen and oxygen atoms in total. The van der Waals surface area contributed by atoms with Crippen LogP contribution in [0.25, 0.3) is 0 Å². The molecule has 0 aromatic carbocycles. The monoisotopic (exact) mass is 233 g/mol. The Morgan fingerprint density at radius 1 is 1.12 bits per heavy atom. The van der Waals surface area contributed by atoms with Crippen LogP contribution < -0.4 is 0 Å². The van der Waals surface area contributed by atoms with Crippen LogP contribution in [0.3, 0.4) is 0 Å². The number of aromatic nitrogens is 1. The Balaban J connectivity index is 2.01. The Kier molecular flexibility index (Phi) is 4.55. The molecule has 1 fully saturated rings. The first kappa shape index (κ1) is 12.6. The molecule has 0 amide bonds. The highest BCUT2D eigenvalue weighted by molar-refractivity contribution is 5.16. The summed E-state index contributed by atoms with van der Waals surface area (Å²) in [6.45, 7) is 1.98. The molecule has 1 aliphatic rings. The van der Waals surface area contributed by atoms with Gasteiger partial charge in [-0.15, -0.1) is 0 Å². The van der Waals surface area contributed by atoms with Gasteiger partial charge in [-0.2, -0.15) is 0 Å². The Morgan fingerprint density at radius 2 is 1.76 bits per heavy atom. The van der Waals surface area contributed by atoms with Crippen molar-refractivity contribution in [2.45, 2.75) is 58.0 Å². The molecule has 0 radical (unpaired) electrons. The van der Waals surface area contributed by atoms with Gasteiger partial charge in [0.15, 0.2) is 0 Å². The molecule has 1 heterocycles. The molecule has 1 saturated carbocycles. The van der Waals surface area contributed by atoms with Crippen molar-refractivity contribution >= 4 is 0 Å². The number of rotatable bonds is 2. The van der Waals surface area contributed by atoms with E-state index in [2.05, 4.69) is 4.98 Å². The molecule has 1 N–H and O–H groups in total. The van der Waals surface area contributed by atoms with E-state index in [-0.39, 0.29) is 6.10 Å². The molecular formula is C15H23NO. The highest BCUT2D eigenvalue weighted by Gasteiger charge is 2.21. The number of nitrogens with zero attached hydrogens (tertiary/aromatic N) is 1. The first-order valence-electron chi connectivity index (χ1n) is 6.88. The lowest BCUT2D eigenvalue weighted by atomic mass is 9.85. The number of aryl methyl sites for hydroxylation is 1. The Bertz CT molecular complexity index is 325. The van der Waals surface area contributed by atoms with Crippen molar-refractivity contribution in [1.82, 2.24) is 4.98 Å². The zero-order chi connectivity index (χ0) is 12.1. The minimum atomic E-state index is -0.318. The Morgan fingerprint density at radius 3 is 2.35 bits per heavy atom. The maximum Gasteiger partial charge on any atom is 0.0833 e. The molecule has 1 atom stereocenters. The molecule has 0 saturated heterocycles. The van der Waals surface area contributed by atoms with Crippen molar-refractivity contribution < 1.29 is 5.11 Å². The van der Waals surface area contributed by atoms with Gasteiger partial charge in [0.05, 0.1) is 6.10 Å². The second-order valence-electron chi connectivity index (χ2n) is 5.28. The fraction of sp³-hybridized carbons (Fsp3) is 0.667. The zero-order valence-corrected chi connectivity index (χ0v) is 10.7. The topological polar surface area (TPSA) is 33.1 Å². The van der Waals surface area contributed by atoms with Crippen molar-refractivity contribution in [3.8, 4) is 0 Å². The van der Waals surface area contributed by atoms with Gasteiger partial charge in [0.1, 0.15) is 0 Å². The van der Waals surface area contributed by atoms with Gasteiger partial charge in [-0.3, -0.25) is 4.98 Å². The molecule has 94 valence electrons. The highest BCUT2D eigenvalue weighted by Crippen LogP contribution is 2.32. The summed E-state index contributed by atoms with van der Waals surface area (Å²) in [5, 5.41) is 10.4. The molecule has 1 aliphatic carbocycles. The van der Waals surface area contributed by atoms with Gasteiger partial charge in [-0.25, -0.2) is 0 Å². The predicted molar refractivity (Wildman–Crippen MR) is 69.7 cm³/mol. The van der Waals surface area contributed by atoms with Crippen LogP contribution in [0.4, 0.5) is 0 Å². The van der Waals surface area contributed by atoms with Gasteiger partial charge >= 0.3 is 0 Å². The summed E-state index contributed by atoms with van der Waals surface area (Å²) in [6, 6.07) is 4.01. The summed E-state index contributed by atoms with van der Waals surface area (Å²) < 4.78 is 0. The zero-order valence-electron chi connectivity index (χ0n) is 10.7. The smallest absolute Gasteiger partial charge is 0.0833 e. The summed E-state index contributed by atoms with van der Waals surface area (Å²) in [4.78, 5) is 4.28. The number of pyridine rings is 1. The van der Waals surface area contributed by atoms with E-state index in [0.29, 0.717) is 5.92 Å². The maximum absolute atomic E-state index is 10.4. The average Bonchev–Trinajstić information content (AvgIpc) is 2.29. The van der Waals surface area contributed by atoms with Crippen molar-refractivity contribution in [3.05, 3.63) is 29.6 Å². The van der Waals surface area contributed by atoms with Crippen molar-refractivity contribution in [2.24, 2.45) is 5.92 Å². The summed E-state index contributed by atoms with van der Waals surface area (Å²) in [5.74, 6) is 0.430. The standard InChI is InChI=1S/C15H23NO/c1-12-9-10-14(11-16-12)15(17)13-7-5-3-2-4-6-8-13/h9-11,13,15,17H,2-8H2,1H3. The van der Waals surface area contributed by atoms with E-state index in [1.54, 1.807) is 0 Å². The second kappa shape index (κ2) is 6.15. The Hall–Kier alpha value is -0.890. The number of hydrogen-bond acceptors (Lipinski definition) is 2. The van der Waals surface area contributed by atoms with Crippen molar-refractivity contribution in [1.29, 1.82) is 0 Å². The van der Waals surface area contributed by atoms with Gasteiger partial charge in [0.25, 0.3) is 0 Å². The SMILES string of the molecule is Cc1ccc(C(O)C2CCCCCCC2)cn1. The van der Waals surface area contributed by atoms with Crippen LogP contribution in [-0.2, 0) is 0 Å². The van der Waals surface area contributed by atoms with Gasteiger partial charge in [-0.1, -0.05) is 38.2 Å². The second-order valence-corrected chi connectivity index (χ2v) is 5.28. The van der Waals surface area contributed by atoms with Gasteiger partial charge in [-0.05, 0) is 37.3 Å². The summed E-state index contributed by atoms with van der Waals surface area (Å²) in [7, 11) is 0. The van der Waals surface area contributed by atoms with E-state index in [1.165, 1.54) is 32.1 Å². The average molecular weight is 233 g/mol. The normalized spacial score (nSPS) is 20.6. The van der Waals surface area contributed by atoms with E-state index in [9.17, 15) is 5.11 Å². The molecule has 2 heteroatoms. The van der Waals surface area contributed by atoms with Gasteiger partial charge < -0.3 is 5.11 Å². The lowest BCUT2D eigenvalue weighted by Gasteiger charge is -2.25. The van der Waals surface area contributed by atoms with Crippen LogP contribution in [-0.4, -0.2) is 10.1 Å². The molecule has 2 rings (SSSR count). The van der Waals surface area contributed by atoms with Crippen LogP contribution in [0.1, 0.15) is 62.3 Å². The molecule has 0 spiro atoms. The lowest BCUT2D eigenvalue weighted by Crippen LogP contribution is -2.14. The minimum Gasteiger partial charge on any atom is -0.388 e. The molecular weight excluding hydrogens is 210 g/mol. The van der Waals surface area contributed by atoms with Gasteiger partial charge in [0.2, 0.25) is 0 Å². The van der Waals surface area contributed by atoms with Crippen molar-refractivity contribution in [3.63, 3.8) is 0 Å². The van der Waals surface area contributed by atoms with E-state index in [0.717, 1.165) is 24.1 Å². The number of aliphatic hydroxyl groups is 1.